The van der Waals surface area contributed by atoms with Crippen molar-refractivity contribution in [2.75, 3.05) is 26.7 Å². The Balaban J connectivity index is 1.69. The summed E-state index contributed by atoms with van der Waals surface area (Å²) in [5.41, 5.74) is 1.76. The summed E-state index contributed by atoms with van der Waals surface area (Å²) in [5, 5.41) is 7.26. The molecular formula is C17H21FN4O. The van der Waals surface area contributed by atoms with Crippen LogP contribution in [-0.4, -0.2) is 47.3 Å². The Labute approximate surface area is 135 Å². The Morgan fingerprint density at radius 2 is 2.26 bits per heavy atom. The Bertz CT molecular complexity index is 712. The van der Waals surface area contributed by atoms with Gasteiger partial charge in [0, 0.05) is 18.8 Å². The number of nitrogens with one attached hydrogen (secondary N) is 1. The van der Waals surface area contributed by atoms with Crippen LogP contribution in [0.5, 0.6) is 0 Å². The van der Waals surface area contributed by atoms with E-state index >= 15 is 0 Å². The lowest BCUT2D eigenvalue weighted by Gasteiger charge is -2.10. The van der Waals surface area contributed by atoms with E-state index in [1.54, 1.807) is 22.9 Å². The van der Waals surface area contributed by atoms with Crippen molar-refractivity contribution in [1.82, 2.24) is 20.0 Å². The molecule has 1 aliphatic rings. The molecule has 3 rings (SSSR count). The zero-order chi connectivity index (χ0) is 16.4. The summed E-state index contributed by atoms with van der Waals surface area (Å²) in [6.45, 7) is 4.60. The third kappa shape index (κ3) is 3.59. The van der Waals surface area contributed by atoms with E-state index in [9.17, 15) is 9.18 Å². The molecule has 1 unspecified atom stereocenters. The number of aromatic nitrogens is 2. The van der Waals surface area contributed by atoms with Gasteiger partial charge in [0.05, 0.1) is 5.69 Å². The van der Waals surface area contributed by atoms with E-state index in [1.165, 1.54) is 12.1 Å². The quantitative estimate of drug-likeness (QED) is 0.938. The highest BCUT2D eigenvalue weighted by molar-refractivity contribution is 5.92. The minimum Gasteiger partial charge on any atom is -0.350 e. The summed E-state index contributed by atoms with van der Waals surface area (Å²) in [7, 11) is 2.09. The van der Waals surface area contributed by atoms with Gasteiger partial charge in [-0.3, -0.25) is 4.79 Å². The smallest absolute Gasteiger partial charge is 0.271 e. The van der Waals surface area contributed by atoms with Crippen molar-refractivity contribution in [1.29, 1.82) is 0 Å². The second kappa shape index (κ2) is 6.50. The minimum absolute atomic E-state index is 0.183. The number of rotatable bonds is 4. The maximum atomic E-state index is 13.4. The molecule has 1 aromatic carbocycles. The van der Waals surface area contributed by atoms with Crippen LogP contribution in [0.3, 0.4) is 0 Å². The van der Waals surface area contributed by atoms with E-state index in [4.69, 9.17) is 0 Å². The molecule has 1 N–H and O–H groups in total. The molecule has 0 saturated carbocycles. The summed E-state index contributed by atoms with van der Waals surface area (Å²) >= 11 is 0. The van der Waals surface area contributed by atoms with Crippen molar-refractivity contribution >= 4 is 5.91 Å². The Kier molecular flexibility index (Phi) is 4.43. The van der Waals surface area contributed by atoms with Crippen LogP contribution in [0.2, 0.25) is 0 Å². The zero-order valence-electron chi connectivity index (χ0n) is 13.4. The highest BCUT2D eigenvalue weighted by Crippen LogP contribution is 2.15. The van der Waals surface area contributed by atoms with Gasteiger partial charge in [-0.15, -0.1) is 0 Å². The van der Waals surface area contributed by atoms with Crippen LogP contribution in [0.1, 0.15) is 22.6 Å². The molecule has 1 aliphatic heterocycles. The first-order valence-electron chi connectivity index (χ1n) is 7.82. The van der Waals surface area contributed by atoms with Crippen LogP contribution in [0, 0.1) is 18.7 Å². The maximum Gasteiger partial charge on any atom is 0.271 e. The van der Waals surface area contributed by atoms with Crippen molar-refractivity contribution < 1.29 is 9.18 Å². The number of nitrogens with zero attached hydrogens (tertiary/aromatic N) is 3. The molecule has 1 saturated heterocycles. The van der Waals surface area contributed by atoms with Crippen LogP contribution in [0.4, 0.5) is 4.39 Å². The van der Waals surface area contributed by atoms with Crippen molar-refractivity contribution in [2.24, 2.45) is 5.92 Å². The van der Waals surface area contributed by atoms with Crippen molar-refractivity contribution in [3.63, 3.8) is 0 Å². The summed E-state index contributed by atoms with van der Waals surface area (Å²) in [5.74, 6) is -0.0121. The molecule has 1 aromatic heterocycles. The number of halogens is 1. The van der Waals surface area contributed by atoms with Crippen LogP contribution >= 0.6 is 0 Å². The first kappa shape index (κ1) is 15.7. The zero-order valence-corrected chi connectivity index (χ0v) is 13.4. The molecule has 2 aromatic rings. The number of hydrogen-bond donors (Lipinski definition) is 1. The number of aryl methyl sites for hydroxylation is 1. The maximum absolute atomic E-state index is 13.4. The summed E-state index contributed by atoms with van der Waals surface area (Å²) in [6.07, 6.45) is 1.10. The monoisotopic (exact) mass is 316 g/mol. The first-order chi connectivity index (χ1) is 11.0. The van der Waals surface area contributed by atoms with Crippen LogP contribution in [-0.2, 0) is 0 Å². The third-order valence-corrected chi connectivity index (χ3v) is 4.21. The summed E-state index contributed by atoms with van der Waals surface area (Å²) in [6, 6.07) is 7.90. The van der Waals surface area contributed by atoms with E-state index in [2.05, 4.69) is 22.4 Å². The molecule has 1 fully saturated rings. The van der Waals surface area contributed by atoms with Gasteiger partial charge in [-0.1, -0.05) is 6.07 Å². The molecule has 23 heavy (non-hydrogen) atoms. The molecule has 0 aliphatic carbocycles. The molecular weight excluding hydrogens is 295 g/mol. The number of carbonyl (C=O) groups is 1. The average Bonchev–Trinajstić information content (AvgIpc) is 3.11. The van der Waals surface area contributed by atoms with Gasteiger partial charge >= 0.3 is 0 Å². The van der Waals surface area contributed by atoms with Crippen molar-refractivity contribution in [3.05, 3.63) is 47.5 Å². The van der Waals surface area contributed by atoms with Crippen molar-refractivity contribution in [2.45, 2.75) is 13.3 Å². The molecule has 0 spiro atoms. The van der Waals surface area contributed by atoms with Gasteiger partial charge in [-0.05, 0) is 57.1 Å². The lowest BCUT2D eigenvalue weighted by molar-refractivity contribution is 0.0942. The Morgan fingerprint density at radius 3 is 2.96 bits per heavy atom. The van der Waals surface area contributed by atoms with Gasteiger partial charge in [0.2, 0.25) is 0 Å². The third-order valence-electron chi connectivity index (χ3n) is 4.21. The van der Waals surface area contributed by atoms with E-state index in [1.807, 2.05) is 6.92 Å². The topological polar surface area (TPSA) is 50.2 Å². The van der Waals surface area contributed by atoms with Gasteiger partial charge in [-0.2, -0.15) is 5.10 Å². The largest absolute Gasteiger partial charge is 0.350 e. The summed E-state index contributed by atoms with van der Waals surface area (Å²) in [4.78, 5) is 14.5. The fraction of sp³-hybridized carbons (Fsp3) is 0.412. The number of carbonyl (C=O) groups excluding carboxylic acids is 1. The van der Waals surface area contributed by atoms with E-state index in [0.717, 1.165) is 25.2 Å². The van der Waals surface area contributed by atoms with E-state index < -0.39 is 0 Å². The summed E-state index contributed by atoms with van der Waals surface area (Å²) < 4.78 is 14.9. The molecule has 5 nitrogen and oxygen atoms in total. The van der Waals surface area contributed by atoms with Crippen LogP contribution in [0.15, 0.2) is 30.3 Å². The van der Waals surface area contributed by atoms with E-state index in [0.29, 0.717) is 23.8 Å². The van der Waals surface area contributed by atoms with Crippen LogP contribution < -0.4 is 5.32 Å². The molecule has 2 heterocycles. The van der Waals surface area contributed by atoms with Gasteiger partial charge in [0.25, 0.3) is 5.91 Å². The Morgan fingerprint density at radius 1 is 1.43 bits per heavy atom. The second-order valence-corrected chi connectivity index (χ2v) is 6.19. The number of benzene rings is 1. The highest BCUT2D eigenvalue weighted by Gasteiger charge is 2.21. The minimum atomic E-state index is -0.325. The number of amides is 1. The lowest BCUT2D eigenvalue weighted by Crippen LogP contribution is -2.30. The molecule has 0 bridgehead atoms. The SMILES string of the molecule is Cc1cc(C(=O)NCC2CCN(C)C2)nn1-c1cccc(F)c1. The number of hydrogen-bond acceptors (Lipinski definition) is 3. The van der Waals surface area contributed by atoms with Gasteiger partial charge in [0.15, 0.2) is 5.69 Å². The van der Waals surface area contributed by atoms with E-state index in [-0.39, 0.29) is 11.7 Å². The number of likely N-dealkylation sites (tertiary alicyclic amines) is 1. The molecule has 122 valence electrons. The molecule has 1 amide bonds. The standard InChI is InChI=1S/C17H21FN4O/c1-12-8-16(17(23)19-10-13-6-7-21(2)11-13)20-22(12)15-5-3-4-14(18)9-15/h3-5,8-9,13H,6-7,10-11H2,1-2H3,(H,19,23). The normalized spacial score (nSPS) is 18.3. The Hall–Kier alpha value is -2.21. The van der Waals surface area contributed by atoms with Gasteiger partial charge in [0.1, 0.15) is 5.82 Å². The fourth-order valence-electron chi connectivity index (χ4n) is 2.98. The predicted octanol–water partition coefficient (Wildman–Crippen LogP) is 2.00. The van der Waals surface area contributed by atoms with Gasteiger partial charge < -0.3 is 10.2 Å². The fourth-order valence-corrected chi connectivity index (χ4v) is 2.98. The second-order valence-electron chi connectivity index (χ2n) is 6.19. The molecule has 6 heteroatoms. The van der Waals surface area contributed by atoms with Gasteiger partial charge in [-0.25, -0.2) is 9.07 Å². The lowest BCUT2D eigenvalue weighted by atomic mass is 10.1. The van der Waals surface area contributed by atoms with Crippen molar-refractivity contribution in [3.8, 4) is 5.69 Å². The predicted molar refractivity (Wildman–Crippen MR) is 86.2 cm³/mol. The van der Waals surface area contributed by atoms with Crippen LogP contribution in [0.25, 0.3) is 5.69 Å². The molecule has 0 radical (unpaired) electrons. The highest BCUT2D eigenvalue weighted by atomic mass is 19.1. The first-order valence-corrected chi connectivity index (χ1v) is 7.82. The molecule has 1 atom stereocenters. The average molecular weight is 316 g/mol.